The highest BCUT2D eigenvalue weighted by molar-refractivity contribution is 6.12. The Morgan fingerprint density at radius 2 is 1.20 bits per heavy atom. The summed E-state index contributed by atoms with van der Waals surface area (Å²) in [5.74, 6) is 0. The third-order valence-electron chi connectivity index (χ3n) is 3.75. The fraction of sp³-hybridized carbons (Fsp3) is 0. The van der Waals surface area contributed by atoms with E-state index in [1.165, 1.54) is 27.1 Å². The zero-order valence-corrected chi connectivity index (χ0v) is 11.0. The highest BCUT2D eigenvalue weighted by atomic mass is 14.1. The first-order chi connectivity index (χ1) is 9.93. The van der Waals surface area contributed by atoms with Gasteiger partial charge in [-0.2, -0.15) is 0 Å². The first-order valence-corrected chi connectivity index (χ1v) is 6.81. The number of rotatable bonds is 1. The van der Waals surface area contributed by atoms with E-state index in [9.17, 15) is 0 Å². The lowest BCUT2D eigenvalue weighted by molar-refractivity contribution is 1.66. The molecule has 0 aliphatic carbocycles. The van der Waals surface area contributed by atoms with Gasteiger partial charge in [-0.15, -0.1) is 0 Å². The second-order valence-electron chi connectivity index (χ2n) is 4.97. The Labute approximate surface area is 118 Å². The van der Waals surface area contributed by atoms with Gasteiger partial charge in [-0.05, 0) is 44.8 Å². The Hall–Kier alpha value is -2.60. The van der Waals surface area contributed by atoms with Crippen molar-refractivity contribution < 1.29 is 0 Å². The fourth-order valence-electron chi connectivity index (χ4n) is 2.85. The van der Waals surface area contributed by atoms with Crippen LogP contribution in [0.2, 0.25) is 0 Å². The third kappa shape index (κ3) is 1.70. The van der Waals surface area contributed by atoms with E-state index in [1.54, 1.807) is 0 Å². The number of benzene rings is 4. The first kappa shape index (κ1) is 11.2. The van der Waals surface area contributed by atoms with Crippen LogP contribution in [0.3, 0.4) is 0 Å². The molecule has 0 saturated carbocycles. The Kier molecular flexibility index (Phi) is 2.53. The lowest BCUT2D eigenvalue weighted by atomic mass is 9.92. The molecule has 1 radical (unpaired) electrons. The van der Waals surface area contributed by atoms with Crippen molar-refractivity contribution in [2.24, 2.45) is 0 Å². The number of hydrogen-bond acceptors (Lipinski definition) is 0. The molecule has 0 heterocycles. The van der Waals surface area contributed by atoms with Crippen molar-refractivity contribution in [3.05, 3.63) is 84.9 Å². The number of fused-ring (bicyclic) bond motifs is 2. The average molecular weight is 253 g/mol. The molecular weight excluding hydrogens is 240 g/mol. The summed E-state index contributed by atoms with van der Waals surface area (Å²) < 4.78 is 0. The van der Waals surface area contributed by atoms with Gasteiger partial charge in [-0.1, -0.05) is 72.8 Å². The molecule has 4 aromatic carbocycles. The Bertz CT molecular complexity index is 835. The summed E-state index contributed by atoms with van der Waals surface area (Å²) in [5, 5.41) is 5.12. The van der Waals surface area contributed by atoms with Crippen LogP contribution in [0.4, 0.5) is 0 Å². The molecule has 0 aliphatic heterocycles. The molecule has 0 atom stereocenters. The van der Waals surface area contributed by atoms with Crippen LogP contribution in [0.5, 0.6) is 0 Å². The van der Waals surface area contributed by atoms with Crippen LogP contribution >= 0.6 is 0 Å². The van der Waals surface area contributed by atoms with Gasteiger partial charge in [0.2, 0.25) is 0 Å². The third-order valence-corrected chi connectivity index (χ3v) is 3.75. The van der Waals surface area contributed by atoms with Gasteiger partial charge in [0.15, 0.2) is 0 Å². The van der Waals surface area contributed by atoms with Crippen molar-refractivity contribution in [2.45, 2.75) is 0 Å². The van der Waals surface area contributed by atoms with Crippen LogP contribution in [-0.2, 0) is 0 Å². The topological polar surface area (TPSA) is 0 Å². The molecule has 0 spiro atoms. The Balaban J connectivity index is 2.24. The molecule has 0 aromatic heterocycles. The van der Waals surface area contributed by atoms with Gasteiger partial charge in [0, 0.05) is 0 Å². The van der Waals surface area contributed by atoms with Crippen LogP contribution in [0.15, 0.2) is 78.9 Å². The van der Waals surface area contributed by atoms with Gasteiger partial charge in [0.1, 0.15) is 0 Å². The van der Waals surface area contributed by atoms with Crippen molar-refractivity contribution in [3.8, 4) is 11.1 Å². The average Bonchev–Trinajstić information content (AvgIpc) is 2.53. The second-order valence-corrected chi connectivity index (χ2v) is 4.97. The molecule has 4 aromatic rings. The quantitative estimate of drug-likeness (QED) is 0.395. The van der Waals surface area contributed by atoms with Gasteiger partial charge in [0.25, 0.3) is 0 Å². The summed E-state index contributed by atoms with van der Waals surface area (Å²) >= 11 is 0. The summed E-state index contributed by atoms with van der Waals surface area (Å²) in [5.41, 5.74) is 2.43. The van der Waals surface area contributed by atoms with Crippen LogP contribution in [-0.4, -0.2) is 0 Å². The lowest BCUT2D eigenvalue weighted by Crippen LogP contribution is -1.85. The van der Waals surface area contributed by atoms with E-state index in [2.05, 4.69) is 72.8 Å². The lowest BCUT2D eigenvalue weighted by Gasteiger charge is -2.11. The molecule has 20 heavy (non-hydrogen) atoms. The van der Waals surface area contributed by atoms with Crippen LogP contribution in [0.25, 0.3) is 32.7 Å². The molecule has 0 amide bonds. The SMILES string of the molecule is [c]1ccccc1-c1c2ccccc2cc2ccccc12. The number of hydrogen-bond donors (Lipinski definition) is 0. The van der Waals surface area contributed by atoms with Gasteiger partial charge in [-0.3, -0.25) is 0 Å². The van der Waals surface area contributed by atoms with Crippen molar-refractivity contribution in [2.75, 3.05) is 0 Å². The van der Waals surface area contributed by atoms with Crippen LogP contribution < -0.4 is 0 Å². The molecule has 0 bridgehead atoms. The van der Waals surface area contributed by atoms with Gasteiger partial charge in [0.05, 0.1) is 0 Å². The van der Waals surface area contributed by atoms with Crippen molar-refractivity contribution in [1.82, 2.24) is 0 Å². The maximum atomic E-state index is 3.37. The molecule has 4 rings (SSSR count). The monoisotopic (exact) mass is 253 g/mol. The van der Waals surface area contributed by atoms with Gasteiger partial charge in [-0.25, -0.2) is 0 Å². The minimum absolute atomic E-state index is 1.15. The van der Waals surface area contributed by atoms with Crippen LogP contribution in [0.1, 0.15) is 0 Å². The predicted molar refractivity (Wildman–Crippen MR) is 85.7 cm³/mol. The van der Waals surface area contributed by atoms with Gasteiger partial charge < -0.3 is 0 Å². The summed E-state index contributed by atoms with van der Waals surface area (Å²) in [6.07, 6.45) is 0. The molecule has 0 N–H and O–H groups in total. The summed E-state index contributed by atoms with van der Waals surface area (Å²) in [6.45, 7) is 0. The minimum atomic E-state index is 1.15. The zero-order valence-electron chi connectivity index (χ0n) is 11.0. The van der Waals surface area contributed by atoms with Crippen molar-refractivity contribution >= 4 is 21.5 Å². The highest BCUT2D eigenvalue weighted by Crippen LogP contribution is 2.35. The summed E-state index contributed by atoms with van der Waals surface area (Å²) in [4.78, 5) is 0. The normalized spacial score (nSPS) is 11.0. The van der Waals surface area contributed by atoms with E-state index in [0.717, 1.165) is 5.56 Å². The van der Waals surface area contributed by atoms with E-state index in [4.69, 9.17) is 0 Å². The maximum absolute atomic E-state index is 3.37. The summed E-state index contributed by atoms with van der Waals surface area (Å²) in [6, 6.07) is 30.9. The molecule has 0 unspecified atom stereocenters. The smallest absolute Gasteiger partial charge is 0.00206 e. The molecule has 0 saturated heterocycles. The maximum Gasteiger partial charge on any atom is -0.00206 e. The van der Waals surface area contributed by atoms with E-state index >= 15 is 0 Å². The highest BCUT2D eigenvalue weighted by Gasteiger charge is 2.08. The second kappa shape index (κ2) is 4.50. The molecule has 0 heteroatoms. The minimum Gasteiger partial charge on any atom is -0.0616 e. The van der Waals surface area contributed by atoms with E-state index in [-0.39, 0.29) is 0 Å². The first-order valence-electron chi connectivity index (χ1n) is 6.81. The molecular formula is C20H13. The molecule has 0 aliphatic rings. The Morgan fingerprint density at radius 1 is 0.600 bits per heavy atom. The summed E-state index contributed by atoms with van der Waals surface area (Å²) in [7, 11) is 0. The largest absolute Gasteiger partial charge is 0.0616 e. The van der Waals surface area contributed by atoms with Gasteiger partial charge >= 0.3 is 0 Å². The molecule has 0 fully saturated rings. The Morgan fingerprint density at radius 3 is 1.80 bits per heavy atom. The van der Waals surface area contributed by atoms with Crippen molar-refractivity contribution in [1.29, 1.82) is 0 Å². The van der Waals surface area contributed by atoms with E-state index < -0.39 is 0 Å². The molecule has 93 valence electrons. The standard InChI is InChI=1S/C20H13/c1-2-8-15(9-3-1)20-18-12-6-4-10-16(18)14-17-11-5-7-13-19(17)20/h1-8,10-14H. The molecule has 0 nitrogen and oxygen atoms in total. The zero-order chi connectivity index (χ0) is 13.4. The van der Waals surface area contributed by atoms with Crippen LogP contribution in [0, 0.1) is 6.07 Å². The van der Waals surface area contributed by atoms with Crippen molar-refractivity contribution in [3.63, 3.8) is 0 Å². The predicted octanol–water partition coefficient (Wildman–Crippen LogP) is 5.46. The van der Waals surface area contributed by atoms with E-state index in [0.29, 0.717) is 0 Å². The van der Waals surface area contributed by atoms with E-state index in [1.807, 2.05) is 12.1 Å². The fourth-order valence-corrected chi connectivity index (χ4v) is 2.85.